The third kappa shape index (κ3) is 4.00. The molecule has 6 unspecified atom stereocenters. The zero-order valence-corrected chi connectivity index (χ0v) is 25.9. The molecule has 3 aromatic carbocycles. The molecule has 2 saturated carbocycles. The van der Waals surface area contributed by atoms with Crippen molar-refractivity contribution in [3.05, 3.63) is 109 Å². The molecule has 2 bridgehead atoms. The molecule has 0 radical (unpaired) electrons. The Labute approximate surface area is 259 Å². The van der Waals surface area contributed by atoms with Crippen molar-refractivity contribution in [3.63, 3.8) is 0 Å². The summed E-state index contributed by atoms with van der Waals surface area (Å²) in [6.45, 7) is 2.50. The van der Waals surface area contributed by atoms with Crippen LogP contribution in [-0.2, 0) is 16.2 Å². The van der Waals surface area contributed by atoms with Gasteiger partial charge in [-0.3, -0.25) is 19.3 Å². The SMILES string of the molecule is Cc1cccc(COc2ccc(Br)cc2[C@H]2c3sc(=O)[nH]c3SC3C4CC(C5C(=O)N(c6ccccc6)C(=O)C45)C32)c1. The summed E-state index contributed by atoms with van der Waals surface area (Å²) in [7, 11) is 0. The molecule has 8 rings (SSSR count). The molecular weight excluding hydrogens is 632 g/mol. The molecule has 212 valence electrons. The van der Waals surface area contributed by atoms with Crippen LogP contribution in [0.3, 0.4) is 0 Å². The molecule has 2 aliphatic carbocycles. The third-order valence-electron chi connectivity index (χ3n) is 9.52. The highest BCUT2D eigenvalue weighted by Crippen LogP contribution is 2.69. The number of rotatable bonds is 5. The van der Waals surface area contributed by atoms with Gasteiger partial charge in [0.25, 0.3) is 0 Å². The van der Waals surface area contributed by atoms with E-state index in [1.807, 2.05) is 48.5 Å². The Hall–Kier alpha value is -3.14. The highest BCUT2D eigenvalue weighted by atomic mass is 79.9. The summed E-state index contributed by atoms with van der Waals surface area (Å²) >= 11 is 6.65. The summed E-state index contributed by atoms with van der Waals surface area (Å²) < 4.78 is 7.43. The zero-order valence-electron chi connectivity index (χ0n) is 22.7. The van der Waals surface area contributed by atoms with Crippen molar-refractivity contribution < 1.29 is 14.3 Å². The number of para-hydroxylation sites is 1. The first-order valence-corrected chi connectivity index (χ1v) is 16.7. The number of carbonyl (C=O) groups is 2. The van der Waals surface area contributed by atoms with Crippen molar-refractivity contribution >= 4 is 56.5 Å². The average molecular weight is 660 g/mol. The number of ether oxygens (including phenoxy) is 1. The number of benzene rings is 3. The van der Waals surface area contributed by atoms with Crippen LogP contribution >= 0.6 is 39.0 Å². The van der Waals surface area contributed by atoms with Crippen molar-refractivity contribution in [2.24, 2.45) is 29.6 Å². The number of imide groups is 1. The summed E-state index contributed by atoms with van der Waals surface area (Å²) in [5, 5.41) is 1.01. The molecule has 6 nitrogen and oxygen atoms in total. The predicted octanol–water partition coefficient (Wildman–Crippen LogP) is 6.76. The van der Waals surface area contributed by atoms with Crippen LogP contribution in [0.15, 0.2) is 87.1 Å². The molecule has 3 heterocycles. The lowest BCUT2D eigenvalue weighted by molar-refractivity contribution is -0.123. The van der Waals surface area contributed by atoms with Crippen LogP contribution in [0.4, 0.5) is 5.69 Å². The number of hydrogen-bond donors (Lipinski definition) is 1. The normalized spacial score (nSPS) is 29.0. The summed E-state index contributed by atoms with van der Waals surface area (Å²) in [5.74, 6) is 0.0632. The number of fused-ring (bicyclic) bond motifs is 9. The Bertz CT molecular complexity index is 1800. The standard InChI is InChI=1S/C33H27BrN2O4S2/c1-16-6-5-7-17(12-16)15-40-23-11-10-18(34)13-20(23)24-25-21-14-22(28(25)41-30-29(24)42-33(39)35-30)27-26(21)31(37)36(32(27)38)19-8-3-2-4-9-19/h2-13,21-22,24-28H,14-15H2,1H3,(H,35,39)/t21?,22?,24-,25?,26?,27?,28?/m1/s1. The van der Waals surface area contributed by atoms with Crippen molar-refractivity contribution in [3.8, 4) is 5.75 Å². The smallest absolute Gasteiger partial charge is 0.305 e. The lowest BCUT2D eigenvalue weighted by Crippen LogP contribution is -2.42. The number of nitrogens with zero attached hydrogens (tertiary/aromatic N) is 1. The summed E-state index contributed by atoms with van der Waals surface area (Å²) in [4.78, 5) is 46.0. The van der Waals surface area contributed by atoms with Gasteiger partial charge in [0, 0.05) is 26.1 Å². The number of thiazole rings is 1. The maximum absolute atomic E-state index is 14.0. The number of H-pyrrole nitrogens is 1. The Morgan fingerprint density at radius 1 is 0.952 bits per heavy atom. The van der Waals surface area contributed by atoms with Gasteiger partial charge in [-0.2, -0.15) is 0 Å². The van der Waals surface area contributed by atoms with Crippen molar-refractivity contribution in [2.75, 3.05) is 4.90 Å². The lowest BCUT2D eigenvalue weighted by atomic mass is 9.68. The number of amides is 2. The number of carbonyl (C=O) groups excluding carboxylic acids is 2. The highest BCUT2D eigenvalue weighted by Gasteiger charge is 2.69. The molecule has 1 N–H and O–H groups in total. The minimum absolute atomic E-state index is 0.0432. The van der Waals surface area contributed by atoms with Gasteiger partial charge in [-0.15, -0.1) is 11.8 Å². The van der Waals surface area contributed by atoms with Gasteiger partial charge in [0.2, 0.25) is 11.8 Å². The average Bonchev–Trinajstić information content (AvgIpc) is 3.71. The second-order valence-corrected chi connectivity index (χ2v) is 14.9. The number of thioether (sulfide) groups is 1. The summed E-state index contributed by atoms with van der Waals surface area (Å²) in [6.07, 6.45) is 0.848. The molecule has 9 heteroatoms. The number of aryl methyl sites for hydroxylation is 1. The van der Waals surface area contributed by atoms with Gasteiger partial charge in [0.05, 0.1) is 22.5 Å². The molecule has 1 saturated heterocycles. The third-order valence-corrected chi connectivity index (χ3v) is 12.6. The molecule has 7 atom stereocenters. The fourth-order valence-corrected chi connectivity index (χ4v) is 11.3. The number of aromatic nitrogens is 1. The monoisotopic (exact) mass is 658 g/mol. The van der Waals surface area contributed by atoms with Gasteiger partial charge >= 0.3 is 4.87 Å². The van der Waals surface area contributed by atoms with E-state index in [9.17, 15) is 14.4 Å². The van der Waals surface area contributed by atoms with Crippen LogP contribution in [0.25, 0.3) is 0 Å². The molecule has 42 heavy (non-hydrogen) atoms. The molecule has 2 aliphatic heterocycles. The van der Waals surface area contributed by atoms with E-state index in [1.54, 1.807) is 11.8 Å². The predicted molar refractivity (Wildman–Crippen MR) is 167 cm³/mol. The van der Waals surface area contributed by atoms with E-state index < -0.39 is 0 Å². The number of hydrogen-bond acceptors (Lipinski definition) is 6. The van der Waals surface area contributed by atoms with Gasteiger partial charge in [0.1, 0.15) is 12.4 Å². The van der Waals surface area contributed by atoms with Crippen LogP contribution in [0.1, 0.15) is 33.9 Å². The minimum atomic E-state index is -0.340. The first-order valence-electron chi connectivity index (χ1n) is 14.2. The molecule has 0 spiro atoms. The molecule has 1 aromatic heterocycles. The Kier molecular flexibility index (Phi) is 6.28. The van der Waals surface area contributed by atoms with Crippen LogP contribution in [0.5, 0.6) is 5.75 Å². The molecule has 3 fully saturated rings. The Balaban J connectivity index is 1.21. The van der Waals surface area contributed by atoms with Gasteiger partial charge in [-0.1, -0.05) is 75.3 Å². The van der Waals surface area contributed by atoms with Crippen LogP contribution in [-0.4, -0.2) is 22.0 Å². The number of anilines is 1. The Morgan fingerprint density at radius 3 is 2.52 bits per heavy atom. The van der Waals surface area contributed by atoms with E-state index in [0.29, 0.717) is 12.3 Å². The van der Waals surface area contributed by atoms with E-state index >= 15 is 0 Å². The number of nitrogens with one attached hydrogen (secondary N) is 1. The topological polar surface area (TPSA) is 79.5 Å². The first-order chi connectivity index (χ1) is 20.4. The van der Waals surface area contributed by atoms with Crippen LogP contribution in [0, 0.1) is 36.5 Å². The largest absolute Gasteiger partial charge is 0.489 e. The fraction of sp³-hybridized carbons (Fsp3) is 0.303. The summed E-state index contributed by atoms with van der Waals surface area (Å²) in [5.41, 5.74) is 3.94. The first kappa shape index (κ1) is 26.5. The van der Waals surface area contributed by atoms with Crippen LogP contribution in [0.2, 0.25) is 0 Å². The fourth-order valence-electron chi connectivity index (χ4n) is 8.05. The van der Waals surface area contributed by atoms with E-state index in [0.717, 1.165) is 37.7 Å². The lowest BCUT2D eigenvalue weighted by Gasteiger charge is -2.43. The van der Waals surface area contributed by atoms with Crippen LogP contribution < -0.4 is 14.5 Å². The van der Waals surface area contributed by atoms with Crippen molar-refractivity contribution in [2.45, 2.75) is 36.1 Å². The Morgan fingerprint density at radius 2 is 1.74 bits per heavy atom. The van der Waals surface area contributed by atoms with Gasteiger partial charge in [0.15, 0.2) is 0 Å². The maximum Gasteiger partial charge on any atom is 0.305 e. The summed E-state index contributed by atoms with van der Waals surface area (Å²) in [6, 6.07) is 23.7. The van der Waals surface area contributed by atoms with E-state index in [-0.39, 0.29) is 57.4 Å². The van der Waals surface area contributed by atoms with E-state index in [4.69, 9.17) is 4.74 Å². The molecule has 4 aliphatic rings. The maximum atomic E-state index is 14.0. The van der Waals surface area contributed by atoms with Crippen molar-refractivity contribution in [1.29, 1.82) is 0 Å². The number of aromatic amines is 1. The minimum Gasteiger partial charge on any atom is -0.489 e. The quantitative estimate of drug-likeness (QED) is 0.240. The van der Waals surface area contributed by atoms with Gasteiger partial charge in [-0.05, 0) is 67.0 Å². The second kappa shape index (κ2) is 9.96. The van der Waals surface area contributed by atoms with E-state index in [2.05, 4.69) is 52.1 Å². The van der Waals surface area contributed by atoms with E-state index in [1.165, 1.54) is 21.8 Å². The molecule has 2 amide bonds. The van der Waals surface area contributed by atoms with Gasteiger partial charge < -0.3 is 9.72 Å². The highest BCUT2D eigenvalue weighted by molar-refractivity contribution is 9.10. The molecule has 4 aromatic rings. The second-order valence-electron chi connectivity index (χ2n) is 11.8. The molecular formula is C33H27BrN2O4S2. The zero-order chi connectivity index (χ0) is 28.7. The number of halogens is 1. The van der Waals surface area contributed by atoms with Crippen molar-refractivity contribution in [1.82, 2.24) is 4.98 Å². The van der Waals surface area contributed by atoms with Gasteiger partial charge in [-0.25, -0.2) is 0 Å².